The fraction of sp³-hybridized carbons (Fsp3) is 0.714. The van der Waals surface area contributed by atoms with Gasteiger partial charge in [-0.2, -0.15) is 5.10 Å². The summed E-state index contributed by atoms with van der Waals surface area (Å²) in [6, 6.07) is -0.161. The number of urea groups is 1. The molecule has 2 rings (SSSR count). The van der Waals surface area contributed by atoms with Crippen LogP contribution in [0.1, 0.15) is 26.7 Å². The van der Waals surface area contributed by atoms with Gasteiger partial charge in [-0.1, -0.05) is 6.92 Å². The summed E-state index contributed by atoms with van der Waals surface area (Å²) in [7, 11) is 0. The molecule has 2 heterocycles. The summed E-state index contributed by atoms with van der Waals surface area (Å²) in [5.41, 5.74) is 0.732. The number of hydrogen-bond donors (Lipinski definition) is 2. The number of nitrogens with zero attached hydrogens (tertiary/aromatic N) is 3. The zero-order valence-corrected chi connectivity index (χ0v) is 12.4. The van der Waals surface area contributed by atoms with Gasteiger partial charge in [0.1, 0.15) is 0 Å². The number of carbonyl (C=O) groups is 1. The Balaban J connectivity index is 1.64. The Bertz CT molecular complexity index is 431. The summed E-state index contributed by atoms with van der Waals surface area (Å²) in [5.74, 6) is 0.775. The van der Waals surface area contributed by atoms with Gasteiger partial charge in [0.05, 0.1) is 11.9 Å². The van der Waals surface area contributed by atoms with Crippen molar-refractivity contribution in [3.05, 3.63) is 12.4 Å². The van der Waals surface area contributed by atoms with E-state index in [1.54, 1.807) is 10.9 Å². The maximum Gasteiger partial charge on any atom is 0.319 e. The van der Waals surface area contributed by atoms with Crippen molar-refractivity contribution in [1.82, 2.24) is 20.0 Å². The van der Waals surface area contributed by atoms with Crippen molar-refractivity contribution in [2.75, 3.05) is 31.5 Å². The SMILES string of the molecule is CCn1cc(NC(=O)NCCN2CCC[C@@H](C)C2)cn1. The van der Waals surface area contributed by atoms with Gasteiger partial charge in [-0.3, -0.25) is 4.68 Å². The van der Waals surface area contributed by atoms with E-state index in [0.29, 0.717) is 6.54 Å². The summed E-state index contributed by atoms with van der Waals surface area (Å²) in [6.45, 7) is 9.00. The van der Waals surface area contributed by atoms with Crippen LogP contribution in [-0.2, 0) is 6.54 Å². The van der Waals surface area contributed by atoms with Crippen LogP contribution in [0.4, 0.5) is 10.5 Å². The van der Waals surface area contributed by atoms with Gasteiger partial charge in [0.2, 0.25) is 0 Å². The Hall–Kier alpha value is -1.56. The highest BCUT2D eigenvalue weighted by molar-refractivity contribution is 5.88. The molecule has 0 radical (unpaired) electrons. The molecule has 0 aliphatic carbocycles. The number of amides is 2. The summed E-state index contributed by atoms with van der Waals surface area (Å²) < 4.78 is 1.78. The fourth-order valence-corrected chi connectivity index (χ4v) is 2.59. The molecule has 1 aliphatic heterocycles. The molecule has 2 amide bonds. The number of hydrogen-bond acceptors (Lipinski definition) is 3. The molecule has 1 aliphatic rings. The van der Waals surface area contributed by atoms with E-state index in [9.17, 15) is 4.79 Å². The van der Waals surface area contributed by atoms with Gasteiger partial charge in [0, 0.05) is 32.4 Å². The van der Waals surface area contributed by atoms with Crippen LogP contribution in [0.5, 0.6) is 0 Å². The second-order valence-electron chi connectivity index (χ2n) is 5.51. The van der Waals surface area contributed by atoms with E-state index in [4.69, 9.17) is 0 Å². The molecule has 6 nitrogen and oxygen atoms in total. The fourth-order valence-electron chi connectivity index (χ4n) is 2.59. The van der Waals surface area contributed by atoms with Gasteiger partial charge in [0.25, 0.3) is 0 Å². The van der Waals surface area contributed by atoms with Crippen LogP contribution in [0.25, 0.3) is 0 Å². The summed E-state index contributed by atoms with van der Waals surface area (Å²) in [5, 5.41) is 9.80. The highest BCUT2D eigenvalue weighted by atomic mass is 16.2. The monoisotopic (exact) mass is 279 g/mol. The highest BCUT2D eigenvalue weighted by Gasteiger charge is 2.15. The predicted octanol–water partition coefficient (Wildman–Crippen LogP) is 1.76. The molecule has 1 fully saturated rings. The van der Waals surface area contributed by atoms with Crippen LogP contribution >= 0.6 is 0 Å². The zero-order valence-electron chi connectivity index (χ0n) is 12.4. The van der Waals surface area contributed by atoms with Gasteiger partial charge in [-0.25, -0.2) is 4.79 Å². The number of anilines is 1. The molecule has 1 aromatic heterocycles. The van der Waals surface area contributed by atoms with Crippen LogP contribution in [0.15, 0.2) is 12.4 Å². The third-order valence-corrected chi connectivity index (χ3v) is 3.67. The molecule has 1 aromatic rings. The maximum atomic E-state index is 11.7. The third kappa shape index (κ3) is 4.52. The molecule has 6 heteroatoms. The molecule has 0 unspecified atom stereocenters. The van der Waals surface area contributed by atoms with Gasteiger partial charge < -0.3 is 15.5 Å². The molecule has 0 spiro atoms. The lowest BCUT2D eigenvalue weighted by atomic mass is 10.0. The first kappa shape index (κ1) is 14.8. The van der Waals surface area contributed by atoms with Crippen molar-refractivity contribution in [3.8, 4) is 0 Å². The third-order valence-electron chi connectivity index (χ3n) is 3.67. The van der Waals surface area contributed by atoms with Crippen LogP contribution in [0.2, 0.25) is 0 Å². The Kier molecular flexibility index (Phi) is 5.40. The first-order valence-corrected chi connectivity index (χ1v) is 7.47. The van der Waals surface area contributed by atoms with Crippen molar-refractivity contribution in [3.63, 3.8) is 0 Å². The molecular weight excluding hydrogens is 254 g/mol. The molecular formula is C14H25N5O. The normalized spacial score (nSPS) is 19.8. The lowest BCUT2D eigenvalue weighted by Crippen LogP contribution is -2.41. The average molecular weight is 279 g/mol. The minimum Gasteiger partial charge on any atom is -0.337 e. The van der Waals surface area contributed by atoms with E-state index < -0.39 is 0 Å². The number of aromatic nitrogens is 2. The predicted molar refractivity (Wildman–Crippen MR) is 79.8 cm³/mol. The van der Waals surface area contributed by atoms with E-state index in [1.807, 2.05) is 13.1 Å². The van der Waals surface area contributed by atoms with Crippen LogP contribution in [0, 0.1) is 5.92 Å². The van der Waals surface area contributed by atoms with Crippen molar-refractivity contribution in [2.24, 2.45) is 5.92 Å². The molecule has 0 aromatic carbocycles. The number of piperidine rings is 1. The Morgan fingerprint density at radius 1 is 1.55 bits per heavy atom. The highest BCUT2D eigenvalue weighted by Crippen LogP contribution is 2.14. The lowest BCUT2D eigenvalue weighted by molar-refractivity contribution is 0.184. The maximum absolute atomic E-state index is 11.7. The topological polar surface area (TPSA) is 62.2 Å². The zero-order chi connectivity index (χ0) is 14.4. The molecule has 2 N–H and O–H groups in total. The van der Waals surface area contributed by atoms with Crippen LogP contribution < -0.4 is 10.6 Å². The molecule has 0 bridgehead atoms. The van der Waals surface area contributed by atoms with Gasteiger partial charge >= 0.3 is 6.03 Å². The largest absolute Gasteiger partial charge is 0.337 e. The molecule has 0 saturated carbocycles. The van der Waals surface area contributed by atoms with Crippen molar-refractivity contribution in [2.45, 2.75) is 33.2 Å². The summed E-state index contributed by atoms with van der Waals surface area (Å²) >= 11 is 0. The first-order chi connectivity index (χ1) is 9.67. The molecule has 1 saturated heterocycles. The number of rotatable bonds is 5. The van der Waals surface area contributed by atoms with Gasteiger partial charge in [-0.15, -0.1) is 0 Å². The van der Waals surface area contributed by atoms with E-state index >= 15 is 0 Å². The average Bonchev–Trinajstić information content (AvgIpc) is 2.86. The number of carbonyl (C=O) groups excluding carboxylic acids is 1. The van der Waals surface area contributed by atoms with E-state index in [-0.39, 0.29) is 6.03 Å². The summed E-state index contributed by atoms with van der Waals surface area (Å²) in [4.78, 5) is 14.2. The number of aryl methyl sites for hydroxylation is 1. The quantitative estimate of drug-likeness (QED) is 0.863. The van der Waals surface area contributed by atoms with Crippen LogP contribution in [-0.4, -0.2) is 46.9 Å². The van der Waals surface area contributed by atoms with E-state index in [2.05, 4.69) is 27.6 Å². The standard InChI is InChI=1S/C14H25N5O/c1-3-19-11-13(9-16-19)17-14(20)15-6-8-18-7-4-5-12(2)10-18/h9,11-12H,3-8,10H2,1-2H3,(H2,15,17,20)/t12-/m1/s1. The molecule has 1 atom stereocenters. The number of nitrogens with one attached hydrogen (secondary N) is 2. The minimum absolute atomic E-state index is 0.161. The van der Waals surface area contributed by atoms with E-state index in [1.165, 1.54) is 12.8 Å². The molecule has 112 valence electrons. The smallest absolute Gasteiger partial charge is 0.319 e. The van der Waals surface area contributed by atoms with E-state index in [0.717, 1.165) is 37.8 Å². The van der Waals surface area contributed by atoms with Crippen molar-refractivity contribution < 1.29 is 4.79 Å². The minimum atomic E-state index is -0.161. The molecule has 20 heavy (non-hydrogen) atoms. The van der Waals surface area contributed by atoms with Crippen molar-refractivity contribution >= 4 is 11.7 Å². The Labute approximate surface area is 120 Å². The lowest BCUT2D eigenvalue weighted by Gasteiger charge is -2.30. The second-order valence-corrected chi connectivity index (χ2v) is 5.51. The Morgan fingerprint density at radius 3 is 3.10 bits per heavy atom. The van der Waals surface area contributed by atoms with Gasteiger partial charge in [-0.05, 0) is 32.2 Å². The van der Waals surface area contributed by atoms with Crippen molar-refractivity contribution in [1.29, 1.82) is 0 Å². The Morgan fingerprint density at radius 2 is 2.40 bits per heavy atom. The summed E-state index contributed by atoms with van der Waals surface area (Å²) in [6.07, 6.45) is 6.08. The first-order valence-electron chi connectivity index (χ1n) is 7.47. The van der Waals surface area contributed by atoms with Gasteiger partial charge in [0.15, 0.2) is 0 Å². The van der Waals surface area contributed by atoms with Crippen LogP contribution in [0.3, 0.4) is 0 Å². The second kappa shape index (κ2) is 7.28. The number of likely N-dealkylation sites (tertiary alicyclic amines) is 1.